The predicted octanol–water partition coefficient (Wildman–Crippen LogP) is 0.996. The first-order chi connectivity index (χ1) is 10.3. The Morgan fingerprint density at radius 3 is 2.64 bits per heavy atom. The molecule has 1 aromatic carbocycles. The summed E-state index contributed by atoms with van der Waals surface area (Å²) in [5.41, 5.74) is 0.390. The number of benzene rings is 1. The van der Waals surface area contributed by atoms with Crippen molar-refractivity contribution in [2.75, 3.05) is 7.11 Å². The van der Waals surface area contributed by atoms with Gasteiger partial charge in [-0.1, -0.05) is 5.16 Å². The van der Waals surface area contributed by atoms with Crippen LogP contribution in [-0.2, 0) is 21.4 Å². The molecule has 0 bridgehead atoms. The van der Waals surface area contributed by atoms with Gasteiger partial charge < -0.3 is 14.0 Å². The Balaban J connectivity index is 2.23. The van der Waals surface area contributed by atoms with Crippen LogP contribution in [0.4, 0.5) is 0 Å². The summed E-state index contributed by atoms with van der Waals surface area (Å²) in [4.78, 5) is 11.9. The molecule has 2 aromatic rings. The third-order valence-electron chi connectivity index (χ3n) is 2.75. The van der Waals surface area contributed by atoms with Crippen molar-refractivity contribution in [2.24, 2.45) is 5.14 Å². The largest absolute Gasteiger partial charge is 0.496 e. The fraction of sp³-hybridized carbons (Fsp3) is 0.231. The van der Waals surface area contributed by atoms with Gasteiger partial charge in [-0.15, -0.1) is 0 Å². The third kappa shape index (κ3) is 3.62. The summed E-state index contributed by atoms with van der Waals surface area (Å²) in [5.74, 6) is -0.00316. The van der Waals surface area contributed by atoms with Crippen LogP contribution in [0.25, 0.3) is 0 Å². The maximum Gasteiger partial charge on any atom is 0.342 e. The third-order valence-corrected chi connectivity index (χ3v) is 3.66. The van der Waals surface area contributed by atoms with E-state index in [2.05, 4.69) is 5.16 Å². The van der Waals surface area contributed by atoms with Gasteiger partial charge in [0, 0.05) is 6.07 Å². The summed E-state index contributed by atoms with van der Waals surface area (Å²) >= 11 is 0. The van der Waals surface area contributed by atoms with Gasteiger partial charge in [-0.3, -0.25) is 0 Å². The number of carbonyl (C=O) groups excluding carboxylic acids is 1. The summed E-state index contributed by atoms with van der Waals surface area (Å²) in [6.45, 7) is 1.59. The molecule has 0 unspecified atom stereocenters. The normalized spacial score (nSPS) is 11.2. The number of methoxy groups -OCH3 is 1. The maximum atomic E-state index is 12.1. The number of primary sulfonamides is 1. The first kappa shape index (κ1) is 16.0. The van der Waals surface area contributed by atoms with Gasteiger partial charge >= 0.3 is 5.97 Å². The zero-order chi connectivity index (χ0) is 16.3. The Bertz CT molecular complexity index is 797. The Kier molecular flexibility index (Phi) is 4.48. The van der Waals surface area contributed by atoms with E-state index >= 15 is 0 Å². The number of hydrogen-bond donors (Lipinski definition) is 1. The van der Waals surface area contributed by atoms with Crippen LogP contribution in [0, 0.1) is 6.92 Å². The standard InChI is InChI=1S/C13H14N2O6S/c1-8-5-9(15-21-8)7-20-13(16)11-6-10(22(14,17)18)3-4-12(11)19-2/h3-6H,7H2,1-2H3,(H2,14,17,18). The molecular formula is C13H14N2O6S. The monoisotopic (exact) mass is 326 g/mol. The van der Waals surface area contributed by atoms with Gasteiger partial charge in [-0.05, 0) is 25.1 Å². The Hall–Kier alpha value is -2.39. The number of esters is 1. The minimum atomic E-state index is -3.94. The molecule has 0 aliphatic heterocycles. The topological polar surface area (TPSA) is 122 Å². The van der Waals surface area contributed by atoms with E-state index in [1.54, 1.807) is 13.0 Å². The maximum absolute atomic E-state index is 12.1. The highest BCUT2D eigenvalue weighted by atomic mass is 32.2. The summed E-state index contributed by atoms with van der Waals surface area (Å²) in [7, 11) is -2.59. The molecule has 0 spiro atoms. The van der Waals surface area contributed by atoms with E-state index in [0.717, 1.165) is 6.07 Å². The van der Waals surface area contributed by atoms with Crippen LogP contribution in [0.5, 0.6) is 5.75 Å². The first-order valence-electron chi connectivity index (χ1n) is 6.11. The molecule has 2 N–H and O–H groups in total. The number of aryl methyl sites for hydroxylation is 1. The zero-order valence-corrected chi connectivity index (χ0v) is 12.7. The molecule has 118 valence electrons. The highest BCUT2D eigenvalue weighted by Gasteiger charge is 2.19. The van der Waals surface area contributed by atoms with Gasteiger partial charge in [-0.25, -0.2) is 18.4 Å². The lowest BCUT2D eigenvalue weighted by Crippen LogP contribution is -2.14. The molecule has 0 saturated heterocycles. The van der Waals surface area contributed by atoms with Crippen molar-refractivity contribution >= 4 is 16.0 Å². The van der Waals surface area contributed by atoms with Crippen LogP contribution >= 0.6 is 0 Å². The number of sulfonamides is 1. The number of rotatable bonds is 5. The van der Waals surface area contributed by atoms with E-state index in [0.29, 0.717) is 11.5 Å². The Morgan fingerprint density at radius 1 is 1.36 bits per heavy atom. The summed E-state index contributed by atoms with van der Waals surface area (Å²) in [5, 5.41) is 8.72. The molecule has 1 heterocycles. The lowest BCUT2D eigenvalue weighted by Gasteiger charge is -2.09. The quantitative estimate of drug-likeness (QED) is 0.813. The van der Waals surface area contributed by atoms with Crippen molar-refractivity contribution < 1.29 is 27.2 Å². The van der Waals surface area contributed by atoms with E-state index in [4.69, 9.17) is 19.1 Å². The molecule has 0 saturated carbocycles. The average Bonchev–Trinajstić information content (AvgIpc) is 2.88. The van der Waals surface area contributed by atoms with E-state index in [9.17, 15) is 13.2 Å². The highest BCUT2D eigenvalue weighted by molar-refractivity contribution is 7.89. The molecule has 0 fully saturated rings. The number of carbonyl (C=O) groups is 1. The average molecular weight is 326 g/mol. The van der Waals surface area contributed by atoms with Crippen molar-refractivity contribution in [1.29, 1.82) is 0 Å². The van der Waals surface area contributed by atoms with E-state index in [-0.39, 0.29) is 22.8 Å². The smallest absolute Gasteiger partial charge is 0.342 e. The molecule has 0 amide bonds. The van der Waals surface area contributed by atoms with E-state index < -0.39 is 16.0 Å². The zero-order valence-electron chi connectivity index (χ0n) is 11.9. The van der Waals surface area contributed by atoms with Crippen molar-refractivity contribution in [3.63, 3.8) is 0 Å². The number of nitrogens with two attached hydrogens (primary N) is 1. The molecule has 0 aliphatic rings. The number of hydrogen-bond acceptors (Lipinski definition) is 7. The van der Waals surface area contributed by atoms with Gasteiger partial charge in [0.15, 0.2) is 0 Å². The minimum Gasteiger partial charge on any atom is -0.496 e. The van der Waals surface area contributed by atoms with Gasteiger partial charge in [0.2, 0.25) is 10.0 Å². The molecular weight excluding hydrogens is 312 g/mol. The summed E-state index contributed by atoms with van der Waals surface area (Å²) < 4.78 is 37.6. The molecule has 9 heteroatoms. The van der Waals surface area contributed by atoms with Gasteiger partial charge in [0.25, 0.3) is 0 Å². The summed E-state index contributed by atoms with van der Waals surface area (Å²) in [6, 6.07) is 5.29. The van der Waals surface area contributed by atoms with Crippen LogP contribution < -0.4 is 9.88 Å². The second-order valence-corrected chi connectivity index (χ2v) is 5.97. The fourth-order valence-corrected chi connectivity index (χ4v) is 2.27. The van der Waals surface area contributed by atoms with Gasteiger partial charge in [0.1, 0.15) is 29.4 Å². The molecule has 2 rings (SSSR count). The van der Waals surface area contributed by atoms with E-state index in [1.807, 2.05) is 0 Å². The Morgan fingerprint density at radius 2 is 2.09 bits per heavy atom. The van der Waals surface area contributed by atoms with Gasteiger partial charge in [0.05, 0.1) is 12.0 Å². The lowest BCUT2D eigenvalue weighted by atomic mass is 10.2. The van der Waals surface area contributed by atoms with Crippen LogP contribution in [0.15, 0.2) is 33.7 Å². The Labute approximate surface area is 126 Å². The number of nitrogens with zero attached hydrogens (tertiary/aromatic N) is 1. The predicted molar refractivity (Wildman–Crippen MR) is 74.7 cm³/mol. The second-order valence-electron chi connectivity index (χ2n) is 4.41. The summed E-state index contributed by atoms with van der Waals surface area (Å²) in [6.07, 6.45) is 0. The molecule has 0 radical (unpaired) electrons. The number of ether oxygens (including phenoxy) is 2. The van der Waals surface area contributed by atoms with Crippen LogP contribution in [-0.4, -0.2) is 26.7 Å². The van der Waals surface area contributed by atoms with Crippen molar-refractivity contribution in [1.82, 2.24) is 5.16 Å². The molecule has 22 heavy (non-hydrogen) atoms. The first-order valence-corrected chi connectivity index (χ1v) is 7.66. The lowest BCUT2D eigenvalue weighted by molar-refractivity contribution is 0.0460. The molecule has 8 nitrogen and oxygen atoms in total. The van der Waals surface area contributed by atoms with Crippen molar-refractivity contribution in [3.05, 3.63) is 41.3 Å². The molecule has 1 aromatic heterocycles. The fourth-order valence-electron chi connectivity index (χ4n) is 1.73. The minimum absolute atomic E-state index is 0.0470. The highest BCUT2D eigenvalue weighted by Crippen LogP contribution is 2.23. The van der Waals surface area contributed by atoms with Crippen LogP contribution in [0.3, 0.4) is 0 Å². The van der Waals surface area contributed by atoms with Crippen molar-refractivity contribution in [3.8, 4) is 5.75 Å². The molecule has 0 atom stereocenters. The number of aromatic nitrogens is 1. The van der Waals surface area contributed by atoms with Gasteiger partial charge in [-0.2, -0.15) is 0 Å². The van der Waals surface area contributed by atoms with Crippen molar-refractivity contribution in [2.45, 2.75) is 18.4 Å². The van der Waals surface area contributed by atoms with Crippen LogP contribution in [0.1, 0.15) is 21.8 Å². The second kappa shape index (κ2) is 6.16. The van der Waals surface area contributed by atoms with Crippen LogP contribution in [0.2, 0.25) is 0 Å². The van der Waals surface area contributed by atoms with E-state index in [1.165, 1.54) is 19.2 Å². The molecule has 0 aliphatic carbocycles. The SMILES string of the molecule is COc1ccc(S(N)(=O)=O)cc1C(=O)OCc1cc(C)on1.